The molecule has 104 valence electrons. The zero-order valence-corrected chi connectivity index (χ0v) is 11.3. The van der Waals surface area contributed by atoms with Crippen LogP contribution in [0.3, 0.4) is 0 Å². The van der Waals surface area contributed by atoms with E-state index in [1.54, 1.807) is 14.0 Å². The van der Waals surface area contributed by atoms with E-state index < -0.39 is 0 Å². The summed E-state index contributed by atoms with van der Waals surface area (Å²) in [7, 11) is 1.61. The molecule has 0 saturated heterocycles. The molecular formula is C14H20N2O3. The molecule has 0 spiro atoms. The third-order valence-corrected chi connectivity index (χ3v) is 2.75. The van der Waals surface area contributed by atoms with Crippen LogP contribution in [0.15, 0.2) is 29.4 Å². The molecule has 1 aromatic rings. The normalized spacial score (nSPS) is 11.2. The monoisotopic (exact) mass is 264 g/mol. The van der Waals surface area contributed by atoms with E-state index in [1.807, 2.05) is 24.3 Å². The Kier molecular flexibility index (Phi) is 6.43. The second-order valence-electron chi connectivity index (χ2n) is 4.25. The average molecular weight is 264 g/mol. The van der Waals surface area contributed by atoms with Crippen LogP contribution < -0.4 is 10.1 Å². The van der Waals surface area contributed by atoms with Crippen molar-refractivity contribution < 1.29 is 14.7 Å². The fraction of sp³-hybridized carbons (Fsp3) is 0.429. The molecule has 0 aliphatic heterocycles. The van der Waals surface area contributed by atoms with Gasteiger partial charge in [-0.3, -0.25) is 4.79 Å². The largest absolute Gasteiger partial charge is 0.493 e. The van der Waals surface area contributed by atoms with Crippen molar-refractivity contribution in [2.24, 2.45) is 5.16 Å². The average Bonchev–Trinajstić information content (AvgIpc) is 2.45. The van der Waals surface area contributed by atoms with E-state index in [2.05, 4.69) is 10.5 Å². The predicted molar refractivity (Wildman–Crippen MR) is 73.8 cm³/mol. The van der Waals surface area contributed by atoms with Gasteiger partial charge in [-0.1, -0.05) is 17.3 Å². The first-order valence-electron chi connectivity index (χ1n) is 6.25. The number of nitrogens with one attached hydrogen (secondary N) is 1. The SMILES string of the molecule is CNC(=O)CCOc1ccc(CCC(C)=NO)cc1. The molecule has 1 aromatic carbocycles. The first-order chi connectivity index (χ1) is 9.15. The molecule has 0 saturated carbocycles. The summed E-state index contributed by atoms with van der Waals surface area (Å²) in [6.07, 6.45) is 1.91. The number of hydrogen-bond donors (Lipinski definition) is 2. The number of amides is 1. The van der Waals surface area contributed by atoms with Crippen LogP contribution in [0, 0.1) is 0 Å². The number of aryl methyl sites for hydroxylation is 1. The van der Waals surface area contributed by atoms with Crippen LogP contribution in [0.4, 0.5) is 0 Å². The molecule has 0 aliphatic carbocycles. The number of carbonyl (C=O) groups is 1. The molecule has 0 aromatic heterocycles. The van der Waals surface area contributed by atoms with Crippen molar-refractivity contribution >= 4 is 11.6 Å². The fourth-order valence-electron chi connectivity index (χ4n) is 1.51. The third-order valence-electron chi connectivity index (χ3n) is 2.75. The summed E-state index contributed by atoms with van der Waals surface area (Å²) in [5, 5.41) is 14.2. The van der Waals surface area contributed by atoms with Gasteiger partial charge in [0.05, 0.1) is 18.7 Å². The summed E-state index contributed by atoms with van der Waals surface area (Å²) in [5.74, 6) is 0.718. The summed E-state index contributed by atoms with van der Waals surface area (Å²) in [6, 6.07) is 7.70. The number of nitrogens with zero attached hydrogens (tertiary/aromatic N) is 1. The van der Waals surface area contributed by atoms with E-state index in [0.717, 1.165) is 24.2 Å². The predicted octanol–water partition coefficient (Wildman–Crippen LogP) is 1.98. The lowest BCUT2D eigenvalue weighted by Crippen LogP contribution is -2.20. The van der Waals surface area contributed by atoms with Gasteiger partial charge in [0.1, 0.15) is 5.75 Å². The molecule has 0 radical (unpaired) electrons. The number of ether oxygens (including phenoxy) is 1. The van der Waals surface area contributed by atoms with E-state index >= 15 is 0 Å². The van der Waals surface area contributed by atoms with Crippen LogP contribution in [-0.4, -0.2) is 30.5 Å². The van der Waals surface area contributed by atoms with Gasteiger partial charge in [0, 0.05) is 7.05 Å². The van der Waals surface area contributed by atoms with Crippen LogP contribution >= 0.6 is 0 Å². The fourth-order valence-corrected chi connectivity index (χ4v) is 1.51. The Morgan fingerprint density at radius 2 is 2.00 bits per heavy atom. The van der Waals surface area contributed by atoms with Crippen molar-refractivity contribution in [2.45, 2.75) is 26.2 Å². The lowest BCUT2D eigenvalue weighted by atomic mass is 10.1. The van der Waals surface area contributed by atoms with Crippen molar-refractivity contribution in [3.63, 3.8) is 0 Å². The number of rotatable bonds is 7. The Balaban J connectivity index is 2.37. The van der Waals surface area contributed by atoms with Gasteiger partial charge in [0.2, 0.25) is 5.91 Å². The minimum atomic E-state index is -0.0320. The lowest BCUT2D eigenvalue weighted by molar-refractivity contribution is -0.121. The lowest BCUT2D eigenvalue weighted by Gasteiger charge is -2.06. The standard InChI is InChI=1S/C14H20N2O3/c1-11(16-18)3-4-12-5-7-13(8-6-12)19-10-9-14(17)15-2/h5-8,18H,3-4,9-10H2,1-2H3,(H,15,17). The first-order valence-corrected chi connectivity index (χ1v) is 6.25. The van der Waals surface area contributed by atoms with Gasteiger partial charge in [0.15, 0.2) is 0 Å². The molecule has 0 heterocycles. The number of oxime groups is 1. The van der Waals surface area contributed by atoms with E-state index in [0.29, 0.717) is 18.7 Å². The van der Waals surface area contributed by atoms with Gasteiger partial charge in [-0.25, -0.2) is 0 Å². The zero-order valence-electron chi connectivity index (χ0n) is 11.3. The molecule has 5 heteroatoms. The Hall–Kier alpha value is -2.04. The molecule has 0 bridgehead atoms. The highest BCUT2D eigenvalue weighted by Gasteiger charge is 2.00. The minimum Gasteiger partial charge on any atom is -0.493 e. The number of benzene rings is 1. The van der Waals surface area contributed by atoms with Gasteiger partial charge in [-0.05, 0) is 37.5 Å². The Bertz CT molecular complexity index is 427. The maximum atomic E-state index is 11.0. The zero-order chi connectivity index (χ0) is 14.1. The maximum Gasteiger partial charge on any atom is 0.223 e. The van der Waals surface area contributed by atoms with Gasteiger partial charge in [-0.2, -0.15) is 0 Å². The number of hydrogen-bond acceptors (Lipinski definition) is 4. The van der Waals surface area contributed by atoms with Gasteiger partial charge < -0.3 is 15.3 Å². The Labute approximate surface area is 113 Å². The van der Waals surface area contributed by atoms with Gasteiger partial charge >= 0.3 is 0 Å². The Morgan fingerprint density at radius 1 is 1.32 bits per heavy atom. The molecule has 2 N–H and O–H groups in total. The molecule has 5 nitrogen and oxygen atoms in total. The van der Waals surface area contributed by atoms with Gasteiger partial charge in [-0.15, -0.1) is 0 Å². The van der Waals surface area contributed by atoms with Crippen molar-refractivity contribution in [1.82, 2.24) is 5.32 Å². The van der Waals surface area contributed by atoms with E-state index in [4.69, 9.17) is 9.94 Å². The molecule has 1 rings (SSSR count). The van der Waals surface area contributed by atoms with E-state index in [1.165, 1.54) is 0 Å². The van der Waals surface area contributed by atoms with Crippen LogP contribution in [0.25, 0.3) is 0 Å². The van der Waals surface area contributed by atoms with Crippen LogP contribution in [0.5, 0.6) is 5.75 Å². The van der Waals surface area contributed by atoms with Crippen LogP contribution in [0.1, 0.15) is 25.3 Å². The second-order valence-corrected chi connectivity index (χ2v) is 4.25. The first kappa shape index (κ1) is 15.0. The van der Waals surface area contributed by atoms with Crippen LogP contribution in [0.2, 0.25) is 0 Å². The van der Waals surface area contributed by atoms with Crippen molar-refractivity contribution in [3.8, 4) is 5.75 Å². The number of carbonyl (C=O) groups excluding carboxylic acids is 1. The van der Waals surface area contributed by atoms with Crippen molar-refractivity contribution in [2.75, 3.05) is 13.7 Å². The van der Waals surface area contributed by atoms with Crippen molar-refractivity contribution in [3.05, 3.63) is 29.8 Å². The second kappa shape index (κ2) is 8.13. The highest BCUT2D eigenvalue weighted by molar-refractivity contribution is 5.81. The minimum absolute atomic E-state index is 0.0320. The van der Waals surface area contributed by atoms with E-state index in [-0.39, 0.29) is 5.91 Å². The maximum absolute atomic E-state index is 11.0. The Morgan fingerprint density at radius 3 is 2.58 bits per heavy atom. The molecule has 0 fully saturated rings. The highest BCUT2D eigenvalue weighted by atomic mass is 16.5. The summed E-state index contributed by atoms with van der Waals surface area (Å²) in [6.45, 7) is 2.16. The van der Waals surface area contributed by atoms with Crippen molar-refractivity contribution in [1.29, 1.82) is 0 Å². The summed E-state index contributed by atoms with van der Waals surface area (Å²) < 4.78 is 5.46. The van der Waals surface area contributed by atoms with E-state index in [9.17, 15) is 4.79 Å². The quantitative estimate of drug-likeness (QED) is 0.449. The topological polar surface area (TPSA) is 70.9 Å². The molecule has 1 amide bonds. The molecule has 0 unspecified atom stereocenters. The molecule has 0 aliphatic rings. The summed E-state index contributed by atoms with van der Waals surface area (Å²) >= 11 is 0. The molecule has 0 atom stereocenters. The third kappa shape index (κ3) is 5.90. The van der Waals surface area contributed by atoms with Crippen LogP contribution in [-0.2, 0) is 11.2 Å². The summed E-state index contributed by atoms with van der Waals surface area (Å²) in [5.41, 5.74) is 1.87. The molecule has 19 heavy (non-hydrogen) atoms. The van der Waals surface area contributed by atoms with Gasteiger partial charge in [0.25, 0.3) is 0 Å². The molecular weight excluding hydrogens is 244 g/mol. The summed E-state index contributed by atoms with van der Waals surface area (Å²) in [4.78, 5) is 11.0. The highest BCUT2D eigenvalue weighted by Crippen LogP contribution is 2.13. The smallest absolute Gasteiger partial charge is 0.223 e.